The summed E-state index contributed by atoms with van der Waals surface area (Å²) in [6, 6.07) is 4.92. The monoisotopic (exact) mass is 290 g/mol. The van der Waals surface area contributed by atoms with Crippen LogP contribution < -0.4 is 0 Å². The van der Waals surface area contributed by atoms with Crippen LogP contribution in [0.1, 0.15) is 38.9 Å². The molecule has 3 nitrogen and oxygen atoms in total. The Morgan fingerprint density at radius 2 is 2.00 bits per heavy atom. The molecule has 0 saturated carbocycles. The summed E-state index contributed by atoms with van der Waals surface area (Å²) in [5, 5.41) is 10.6. The first-order valence-corrected chi connectivity index (χ1v) is 6.30. The number of carbonyl (C=O) groups excluding carboxylic acids is 1. The molecule has 0 bridgehead atoms. The van der Waals surface area contributed by atoms with Crippen molar-refractivity contribution in [1.82, 2.24) is 0 Å². The number of benzene rings is 1. The fraction of sp³-hybridized carbons (Fsp3) is 0.462. The highest BCUT2D eigenvalue weighted by Gasteiger charge is 2.21. The Labute approximate surface area is 117 Å². The van der Waals surface area contributed by atoms with Gasteiger partial charge in [0.1, 0.15) is 5.60 Å². The predicted octanol–water partition coefficient (Wildman–Crippen LogP) is 3.76. The zero-order valence-corrected chi connectivity index (χ0v) is 12.0. The van der Waals surface area contributed by atoms with E-state index in [-0.39, 0.29) is 11.4 Å². The number of esters is 1. The van der Waals surface area contributed by atoms with Gasteiger partial charge in [0, 0.05) is 5.56 Å². The van der Waals surface area contributed by atoms with Gasteiger partial charge in [-0.05, 0) is 26.8 Å². The lowest BCUT2D eigenvalue weighted by atomic mass is 10.1. The first kappa shape index (κ1) is 15.3. The van der Waals surface area contributed by atoms with Crippen LogP contribution >= 0.6 is 23.2 Å². The fourth-order valence-corrected chi connectivity index (χ4v) is 1.86. The van der Waals surface area contributed by atoms with Crippen LogP contribution in [0.3, 0.4) is 0 Å². The second-order valence-electron chi connectivity index (χ2n) is 4.95. The summed E-state index contributed by atoms with van der Waals surface area (Å²) in [6.45, 7) is 5.30. The second kappa shape index (κ2) is 5.91. The number of aliphatic hydroxyl groups is 1. The van der Waals surface area contributed by atoms with Gasteiger partial charge >= 0.3 is 5.97 Å². The molecule has 0 amide bonds. The molecule has 1 atom stereocenters. The number of hydrogen-bond acceptors (Lipinski definition) is 3. The molecule has 1 unspecified atom stereocenters. The molecule has 0 spiro atoms. The molecule has 18 heavy (non-hydrogen) atoms. The van der Waals surface area contributed by atoms with Gasteiger partial charge in [-0.3, -0.25) is 4.79 Å². The van der Waals surface area contributed by atoms with Crippen molar-refractivity contribution in [3.8, 4) is 0 Å². The van der Waals surface area contributed by atoms with Gasteiger partial charge < -0.3 is 9.84 Å². The van der Waals surface area contributed by atoms with Crippen molar-refractivity contribution in [2.75, 3.05) is 0 Å². The Hall–Kier alpha value is -0.770. The first-order chi connectivity index (χ1) is 8.20. The van der Waals surface area contributed by atoms with E-state index < -0.39 is 17.7 Å². The van der Waals surface area contributed by atoms with Crippen molar-refractivity contribution in [3.63, 3.8) is 0 Å². The molecule has 1 rings (SSSR count). The molecule has 0 aliphatic rings. The molecular formula is C13H16Cl2O3. The summed E-state index contributed by atoms with van der Waals surface area (Å²) in [7, 11) is 0. The van der Waals surface area contributed by atoms with Crippen LogP contribution in [0.25, 0.3) is 0 Å². The molecule has 1 aromatic carbocycles. The van der Waals surface area contributed by atoms with Crippen molar-refractivity contribution >= 4 is 29.2 Å². The van der Waals surface area contributed by atoms with Crippen molar-refractivity contribution in [2.45, 2.75) is 38.9 Å². The maximum absolute atomic E-state index is 11.6. The molecular weight excluding hydrogens is 275 g/mol. The fourth-order valence-electron chi connectivity index (χ4n) is 1.43. The highest BCUT2D eigenvalue weighted by atomic mass is 35.5. The van der Waals surface area contributed by atoms with E-state index in [0.29, 0.717) is 10.6 Å². The van der Waals surface area contributed by atoms with Crippen LogP contribution in [0.5, 0.6) is 0 Å². The van der Waals surface area contributed by atoms with Gasteiger partial charge in [0.2, 0.25) is 0 Å². The summed E-state index contributed by atoms with van der Waals surface area (Å²) < 4.78 is 5.12. The van der Waals surface area contributed by atoms with E-state index in [1.807, 2.05) is 0 Å². The Balaban J connectivity index is 2.74. The van der Waals surface area contributed by atoms with E-state index in [9.17, 15) is 9.90 Å². The number of carbonyl (C=O) groups is 1. The van der Waals surface area contributed by atoms with Crippen LogP contribution in [-0.2, 0) is 9.53 Å². The molecule has 0 aliphatic carbocycles. The van der Waals surface area contributed by atoms with Gasteiger partial charge in [-0.15, -0.1) is 0 Å². The lowest BCUT2D eigenvalue weighted by Gasteiger charge is -2.21. The molecule has 100 valence electrons. The Bertz CT molecular complexity index is 438. The van der Waals surface area contributed by atoms with E-state index in [1.54, 1.807) is 39.0 Å². The minimum absolute atomic E-state index is 0.155. The van der Waals surface area contributed by atoms with E-state index in [2.05, 4.69) is 0 Å². The minimum atomic E-state index is -1.02. The third kappa shape index (κ3) is 4.48. The largest absolute Gasteiger partial charge is 0.460 e. The van der Waals surface area contributed by atoms with Crippen LogP contribution in [-0.4, -0.2) is 16.7 Å². The molecule has 5 heteroatoms. The zero-order valence-electron chi connectivity index (χ0n) is 10.5. The molecule has 0 radical (unpaired) electrons. The quantitative estimate of drug-likeness (QED) is 0.862. The maximum Gasteiger partial charge on any atom is 0.309 e. The van der Waals surface area contributed by atoms with Crippen molar-refractivity contribution in [3.05, 3.63) is 33.8 Å². The van der Waals surface area contributed by atoms with Crippen LogP contribution in [0.4, 0.5) is 0 Å². The highest BCUT2D eigenvalue weighted by Crippen LogP contribution is 2.31. The summed E-state index contributed by atoms with van der Waals surface area (Å²) in [6.07, 6.45) is -1.18. The van der Waals surface area contributed by atoms with Gasteiger partial charge in [-0.1, -0.05) is 35.3 Å². The zero-order chi connectivity index (χ0) is 13.9. The summed E-state index contributed by atoms with van der Waals surface area (Å²) in [5.74, 6) is -0.481. The number of ether oxygens (including phenoxy) is 1. The predicted molar refractivity (Wildman–Crippen MR) is 71.9 cm³/mol. The molecule has 0 heterocycles. The number of aliphatic hydroxyl groups excluding tert-OH is 1. The summed E-state index contributed by atoms with van der Waals surface area (Å²) in [5.41, 5.74) is -0.149. The lowest BCUT2D eigenvalue weighted by Crippen LogP contribution is -2.25. The van der Waals surface area contributed by atoms with Crippen molar-refractivity contribution in [2.24, 2.45) is 0 Å². The molecule has 0 aromatic heterocycles. The van der Waals surface area contributed by atoms with Crippen molar-refractivity contribution in [1.29, 1.82) is 0 Å². The Morgan fingerprint density at radius 1 is 1.39 bits per heavy atom. The van der Waals surface area contributed by atoms with Crippen LogP contribution in [0.2, 0.25) is 10.0 Å². The third-order valence-corrected chi connectivity index (χ3v) is 2.95. The van der Waals surface area contributed by atoms with Crippen LogP contribution in [0.15, 0.2) is 18.2 Å². The van der Waals surface area contributed by atoms with Gasteiger partial charge in [0.25, 0.3) is 0 Å². The third-order valence-electron chi connectivity index (χ3n) is 2.12. The van der Waals surface area contributed by atoms with E-state index in [4.69, 9.17) is 27.9 Å². The van der Waals surface area contributed by atoms with Gasteiger partial charge in [-0.25, -0.2) is 0 Å². The average molecular weight is 291 g/mol. The first-order valence-electron chi connectivity index (χ1n) is 5.54. The summed E-state index contributed by atoms with van der Waals surface area (Å²) >= 11 is 11.8. The van der Waals surface area contributed by atoms with E-state index in [0.717, 1.165) is 0 Å². The average Bonchev–Trinajstić information content (AvgIpc) is 2.18. The van der Waals surface area contributed by atoms with Crippen molar-refractivity contribution < 1.29 is 14.6 Å². The van der Waals surface area contributed by atoms with Gasteiger partial charge in [0.15, 0.2) is 0 Å². The summed E-state index contributed by atoms with van der Waals surface area (Å²) in [4.78, 5) is 11.6. The van der Waals surface area contributed by atoms with E-state index >= 15 is 0 Å². The standard InChI is InChI=1S/C13H16Cl2O3/c1-13(2,3)18-11(17)7-10(16)8-5-4-6-9(14)12(8)15/h4-6,10,16H,7H2,1-3H3. The lowest BCUT2D eigenvalue weighted by molar-refractivity contribution is -0.157. The molecule has 1 N–H and O–H groups in total. The minimum Gasteiger partial charge on any atom is -0.460 e. The molecule has 0 fully saturated rings. The Morgan fingerprint density at radius 3 is 2.56 bits per heavy atom. The second-order valence-corrected chi connectivity index (χ2v) is 5.73. The highest BCUT2D eigenvalue weighted by molar-refractivity contribution is 6.42. The van der Waals surface area contributed by atoms with Crippen LogP contribution in [0, 0.1) is 0 Å². The Kier molecular flexibility index (Phi) is 5.02. The number of rotatable bonds is 3. The number of halogens is 2. The van der Waals surface area contributed by atoms with Gasteiger partial charge in [0.05, 0.1) is 22.6 Å². The molecule has 0 aliphatic heterocycles. The maximum atomic E-state index is 11.6. The topological polar surface area (TPSA) is 46.5 Å². The smallest absolute Gasteiger partial charge is 0.309 e. The van der Waals surface area contributed by atoms with E-state index in [1.165, 1.54) is 0 Å². The number of hydrogen-bond donors (Lipinski definition) is 1. The molecule has 1 aromatic rings. The van der Waals surface area contributed by atoms with Gasteiger partial charge in [-0.2, -0.15) is 0 Å². The molecule has 0 saturated heterocycles. The SMILES string of the molecule is CC(C)(C)OC(=O)CC(O)c1cccc(Cl)c1Cl. The normalized spacial score (nSPS) is 13.2.